The largest absolute Gasteiger partial charge is 0.368 e. The number of nitrogens with zero attached hydrogens (tertiary/aromatic N) is 2. The molecule has 2 aromatic carbocycles. The number of nitrogens with one attached hydrogen (secondary N) is 1. The molecule has 0 unspecified atom stereocenters. The molecule has 5 nitrogen and oxygen atoms in total. The third-order valence-electron chi connectivity index (χ3n) is 4.87. The Balaban J connectivity index is 1.38. The SMILES string of the molecule is O=C(Nc1cccc(C(=O)N2CCN(c3ccc(F)cc3)CC2)c1)c1cccs1. The molecular formula is C22H20FN3O2S. The van der Waals surface area contributed by atoms with Crippen LogP contribution in [-0.4, -0.2) is 42.9 Å². The van der Waals surface area contributed by atoms with Gasteiger partial charge in [-0.15, -0.1) is 11.3 Å². The van der Waals surface area contributed by atoms with E-state index in [2.05, 4.69) is 10.2 Å². The monoisotopic (exact) mass is 409 g/mol. The Bertz CT molecular complexity index is 997. The highest BCUT2D eigenvalue weighted by molar-refractivity contribution is 7.12. The van der Waals surface area contributed by atoms with Gasteiger partial charge in [0.2, 0.25) is 0 Å². The molecule has 1 aliphatic heterocycles. The van der Waals surface area contributed by atoms with E-state index in [4.69, 9.17) is 0 Å². The van der Waals surface area contributed by atoms with Crippen molar-refractivity contribution >= 4 is 34.5 Å². The molecule has 29 heavy (non-hydrogen) atoms. The number of benzene rings is 2. The molecule has 1 fully saturated rings. The molecule has 148 valence electrons. The summed E-state index contributed by atoms with van der Waals surface area (Å²) < 4.78 is 13.1. The summed E-state index contributed by atoms with van der Waals surface area (Å²) in [6, 6.07) is 17.0. The number of anilines is 2. The van der Waals surface area contributed by atoms with Crippen molar-refractivity contribution in [3.8, 4) is 0 Å². The fourth-order valence-electron chi connectivity index (χ4n) is 3.33. The van der Waals surface area contributed by atoms with Crippen LogP contribution in [0.3, 0.4) is 0 Å². The van der Waals surface area contributed by atoms with Gasteiger partial charge in [0.15, 0.2) is 0 Å². The number of carbonyl (C=O) groups is 2. The first-order valence-electron chi connectivity index (χ1n) is 9.35. The van der Waals surface area contributed by atoms with Gasteiger partial charge in [-0.25, -0.2) is 4.39 Å². The second-order valence-electron chi connectivity index (χ2n) is 6.77. The highest BCUT2D eigenvalue weighted by Crippen LogP contribution is 2.20. The van der Waals surface area contributed by atoms with Gasteiger partial charge in [0.05, 0.1) is 4.88 Å². The minimum Gasteiger partial charge on any atom is -0.368 e. The van der Waals surface area contributed by atoms with Crippen LogP contribution in [0.5, 0.6) is 0 Å². The van der Waals surface area contributed by atoms with Crippen LogP contribution in [0.25, 0.3) is 0 Å². The normalized spacial score (nSPS) is 14.0. The highest BCUT2D eigenvalue weighted by atomic mass is 32.1. The molecule has 1 aliphatic rings. The van der Waals surface area contributed by atoms with E-state index in [1.54, 1.807) is 47.4 Å². The first-order chi connectivity index (χ1) is 14.1. The van der Waals surface area contributed by atoms with Crippen molar-refractivity contribution in [3.63, 3.8) is 0 Å². The van der Waals surface area contributed by atoms with Crippen LogP contribution in [0.15, 0.2) is 66.0 Å². The van der Waals surface area contributed by atoms with Crippen molar-refractivity contribution in [1.29, 1.82) is 0 Å². The highest BCUT2D eigenvalue weighted by Gasteiger charge is 2.22. The summed E-state index contributed by atoms with van der Waals surface area (Å²) in [7, 11) is 0. The van der Waals surface area contributed by atoms with Gasteiger partial charge in [-0.1, -0.05) is 12.1 Å². The van der Waals surface area contributed by atoms with Gasteiger partial charge in [0.25, 0.3) is 11.8 Å². The van der Waals surface area contributed by atoms with Gasteiger partial charge in [0.1, 0.15) is 5.82 Å². The van der Waals surface area contributed by atoms with E-state index in [9.17, 15) is 14.0 Å². The van der Waals surface area contributed by atoms with Crippen molar-refractivity contribution in [2.24, 2.45) is 0 Å². The molecule has 4 rings (SSSR count). The maximum atomic E-state index is 13.1. The number of carbonyl (C=O) groups excluding carboxylic acids is 2. The summed E-state index contributed by atoms with van der Waals surface area (Å²) in [5.74, 6) is -0.498. The van der Waals surface area contributed by atoms with Gasteiger partial charge in [-0.05, 0) is 53.9 Å². The van der Waals surface area contributed by atoms with Crippen LogP contribution >= 0.6 is 11.3 Å². The van der Waals surface area contributed by atoms with E-state index in [-0.39, 0.29) is 17.6 Å². The predicted molar refractivity (Wildman–Crippen MR) is 113 cm³/mol. The minimum atomic E-state index is -0.256. The number of halogens is 1. The van der Waals surface area contributed by atoms with E-state index in [1.807, 2.05) is 11.4 Å². The fourth-order valence-corrected chi connectivity index (χ4v) is 3.95. The average molecular weight is 409 g/mol. The Morgan fingerprint density at radius 3 is 2.38 bits per heavy atom. The molecule has 0 spiro atoms. The number of hydrogen-bond donors (Lipinski definition) is 1. The number of hydrogen-bond acceptors (Lipinski definition) is 4. The maximum Gasteiger partial charge on any atom is 0.265 e. The van der Waals surface area contributed by atoms with Crippen LogP contribution in [0.4, 0.5) is 15.8 Å². The molecule has 1 saturated heterocycles. The zero-order chi connectivity index (χ0) is 20.2. The Morgan fingerprint density at radius 1 is 0.931 bits per heavy atom. The lowest BCUT2D eigenvalue weighted by Crippen LogP contribution is -2.48. The molecule has 2 amide bonds. The van der Waals surface area contributed by atoms with Gasteiger partial charge < -0.3 is 15.1 Å². The van der Waals surface area contributed by atoms with Crippen LogP contribution in [0, 0.1) is 5.82 Å². The van der Waals surface area contributed by atoms with Crippen LogP contribution in [0.1, 0.15) is 20.0 Å². The molecule has 2 heterocycles. The third-order valence-corrected chi connectivity index (χ3v) is 5.74. The maximum absolute atomic E-state index is 13.1. The molecule has 1 aromatic heterocycles. The molecule has 0 saturated carbocycles. The Morgan fingerprint density at radius 2 is 1.69 bits per heavy atom. The summed E-state index contributed by atoms with van der Waals surface area (Å²) in [6.45, 7) is 2.54. The molecule has 7 heteroatoms. The van der Waals surface area contributed by atoms with Crippen LogP contribution in [0.2, 0.25) is 0 Å². The summed E-state index contributed by atoms with van der Waals surface area (Å²) >= 11 is 1.37. The summed E-state index contributed by atoms with van der Waals surface area (Å²) in [4.78, 5) is 29.7. The molecule has 3 aromatic rings. The second-order valence-corrected chi connectivity index (χ2v) is 7.72. The molecular weight excluding hydrogens is 389 g/mol. The smallest absolute Gasteiger partial charge is 0.265 e. The standard InChI is InChI=1S/C22H20FN3O2S/c23-17-6-8-19(9-7-17)25-10-12-26(13-11-25)22(28)16-3-1-4-18(15-16)24-21(27)20-5-2-14-29-20/h1-9,14-15H,10-13H2,(H,24,27). The molecule has 1 N–H and O–H groups in total. The van der Waals surface area contributed by atoms with Crippen molar-refractivity contribution in [3.05, 3.63) is 82.3 Å². The van der Waals surface area contributed by atoms with Crippen molar-refractivity contribution < 1.29 is 14.0 Å². The minimum absolute atomic E-state index is 0.0593. The number of rotatable bonds is 4. The van der Waals surface area contributed by atoms with E-state index in [1.165, 1.54) is 23.5 Å². The zero-order valence-corrected chi connectivity index (χ0v) is 16.5. The van der Waals surface area contributed by atoms with E-state index < -0.39 is 0 Å². The topological polar surface area (TPSA) is 52.7 Å². The lowest BCUT2D eigenvalue weighted by Gasteiger charge is -2.36. The third kappa shape index (κ3) is 4.46. The average Bonchev–Trinajstić information content (AvgIpc) is 3.29. The lowest BCUT2D eigenvalue weighted by molar-refractivity contribution is 0.0746. The Hall–Kier alpha value is -3.19. The molecule has 0 atom stereocenters. The summed E-state index contributed by atoms with van der Waals surface area (Å²) in [6.07, 6.45) is 0. The first kappa shape index (κ1) is 19.1. The van der Waals surface area contributed by atoms with E-state index in [0.29, 0.717) is 42.3 Å². The summed E-state index contributed by atoms with van der Waals surface area (Å²) in [5, 5.41) is 4.69. The second kappa shape index (κ2) is 8.45. The zero-order valence-electron chi connectivity index (χ0n) is 15.7. The van der Waals surface area contributed by atoms with Crippen LogP contribution < -0.4 is 10.2 Å². The molecule has 0 radical (unpaired) electrons. The number of amides is 2. The van der Waals surface area contributed by atoms with Crippen molar-refractivity contribution in [1.82, 2.24) is 4.90 Å². The van der Waals surface area contributed by atoms with E-state index >= 15 is 0 Å². The van der Waals surface area contributed by atoms with Crippen molar-refractivity contribution in [2.75, 3.05) is 36.4 Å². The van der Waals surface area contributed by atoms with Crippen molar-refractivity contribution in [2.45, 2.75) is 0 Å². The van der Waals surface area contributed by atoms with Gasteiger partial charge >= 0.3 is 0 Å². The van der Waals surface area contributed by atoms with Gasteiger partial charge in [0, 0.05) is 43.1 Å². The number of thiophene rings is 1. The molecule has 0 aliphatic carbocycles. The van der Waals surface area contributed by atoms with E-state index in [0.717, 1.165) is 5.69 Å². The predicted octanol–water partition coefficient (Wildman–Crippen LogP) is 4.10. The lowest BCUT2D eigenvalue weighted by atomic mass is 10.1. The molecule has 0 bridgehead atoms. The summed E-state index contributed by atoms with van der Waals surface area (Å²) in [5.41, 5.74) is 2.10. The number of piperazine rings is 1. The fraction of sp³-hybridized carbons (Fsp3) is 0.182. The Kier molecular flexibility index (Phi) is 5.57. The van der Waals surface area contributed by atoms with Gasteiger partial charge in [-0.2, -0.15) is 0 Å². The van der Waals surface area contributed by atoms with Gasteiger partial charge in [-0.3, -0.25) is 9.59 Å². The Labute approximate surface area is 172 Å². The quantitative estimate of drug-likeness (QED) is 0.706. The first-order valence-corrected chi connectivity index (χ1v) is 10.2. The van der Waals surface area contributed by atoms with Crippen LogP contribution in [-0.2, 0) is 0 Å².